The lowest BCUT2D eigenvalue weighted by Gasteiger charge is -2.59. The van der Waals surface area contributed by atoms with Crippen LogP contribution >= 0.6 is 0 Å². The number of hydrogen-bond acceptors (Lipinski definition) is 6. The fourth-order valence-corrected chi connectivity index (χ4v) is 6.88. The molecule has 176 valence electrons. The van der Waals surface area contributed by atoms with Gasteiger partial charge in [-0.2, -0.15) is 0 Å². The van der Waals surface area contributed by atoms with Crippen LogP contribution in [-0.2, 0) is 16.6 Å². The molecule has 3 aromatic carbocycles. The van der Waals surface area contributed by atoms with Crippen LogP contribution in [0.1, 0.15) is 17.0 Å². The third-order valence-corrected chi connectivity index (χ3v) is 8.78. The van der Waals surface area contributed by atoms with Gasteiger partial charge in [-0.15, -0.1) is 0 Å². The van der Waals surface area contributed by atoms with Gasteiger partial charge in [0.05, 0.1) is 23.7 Å². The lowest BCUT2D eigenvalue weighted by molar-refractivity contribution is -0.0477. The molecule has 0 aromatic heterocycles. The molecular formula is C25H23FN2O5S. The average molecular weight is 483 g/mol. The Morgan fingerprint density at radius 1 is 1.00 bits per heavy atom. The second-order valence-corrected chi connectivity index (χ2v) is 10.6. The predicted molar refractivity (Wildman–Crippen MR) is 123 cm³/mol. The third-order valence-electron chi connectivity index (χ3n) is 6.99. The average Bonchev–Trinajstić information content (AvgIpc) is 3.30. The van der Waals surface area contributed by atoms with E-state index >= 15 is 0 Å². The van der Waals surface area contributed by atoms with E-state index in [9.17, 15) is 17.9 Å². The smallest absolute Gasteiger partial charge is 0.264 e. The van der Waals surface area contributed by atoms with Crippen molar-refractivity contribution in [2.75, 3.05) is 24.2 Å². The number of fused-ring (bicyclic) bond motifs is 4. The van der Waals surface area contributed by atoms with E-state index in [0.29, 0.717) is 23.7 Å². The zero-order valence-electron chi connectivity index (χ0n) is 18.2. The van der Waals surface area contributed by atoms with Crippen LogP contribution < -0.4 is 13.8 Å². The van der Waals surface area contributed by atoms with E-state index in [-0.39, 0.29) is 42.8 Å². The molecule has 1 fully saturated rings. The van der Waals surface area contributed by atoms with E-state index in [1.165, 1.54) is 16.4 Å². The molecule has 3 aliphatic heterocycles. The maximum atomic E-state index is 13.6. The molecule has 6 rings (SSSR count). The normalized spacial score (nSPS) is 23.2. The number of likely N-dealkylation sites (tertiary alicyclic amines) is 1. The second-order valence-electron chi connectivity index (χ2n) is 8.75. The minimum Gasteiger partial charge on any atom is -0.454 e. The third kappa shape index (κ3) is 3.26. The molecule has 0 aliphatic carbocycles. The van der Waals surface area contributed by atoms with Gasteiger partial charge in [0.25, 0.3) is 10.0 Å². The maximum absolute atomic E-state index is 13.6. The Labute approximate surface area is 197 Å². The van der Waals surface area contributed by atoms with Crippen molar-refractivity contribution >= 4 is 15.7 Å². The summed E-state index contributed by atoms with van der Waals surface area (Å²) in [6, 6.07) is 17.8. The Kier molecular flexibility index (Phi) is 5.02. The molecule has 34 heavy (non-hydrogen) atoms. The first-order chi connectivity index (χ1) is 16.5. The molecule has 3 aliphatic rings. The number of rotatable bonds is 5. The van der Waals surface area contributed by atoms with Gasteiger partial charge >= 0.3 is 0 Å². The van der Waals surface area contributed by atoms with Crippen LogP contribution in [0.4, 0.5) is 10.1 Å². The van der Waals surface area contributed by atoms with Gasteiger partial charge in [-0.3, -0.25) is 9.21 Å². The molecule has 7 nitrogen and oxygen atoms in total. The van der Waals surface area contributed by atoms with Gasteiger partial charge in [0.2, 0.25) is 6.79 Å². The van der Waals surface area contributed by atoms with Crippen molar-refractivity contribution in [1.29, 1.82) is 0 Å². The summed E-state index contributed by atoms with van der Waals surface area (Å²) < 4.78 is 52.9. The van der Waals surface area contributed by atoms with E-state index in [2.05, 4.69) is 4.90 Å². The first kappa shape index (κ1) is 21.4. The zero-order chi connectivity index (χ0) is 23.4. The predicted octanol–water partition coefficient (Wildman–Crippen LogP) is 3.09. The molecule has 0 amide bonds. The molecule has 0 unspecified atom stereocenters. The molecule has 1 saturated heterocycles. The molecule has 0 saturated carbocycles. The second kappa shape index (κ2) is 7.97. The number of anilines is 1. The van der Waals surface area contributed by atoms with E-state index in [0.717, 1.165) is 23.3 Å². The highest BCUT2D eigenvalue weighted by molar-refractivity contribution is 7.92. The molecule has 3 aromatic rings. The van der Waals surface area contributed by atoms with Gasteiger partial charge in [0.1, 0.15) is 5.82 Å². The van der Waals surface area contributed by atoms with Crippen molar-refractivity contribution in [2.24, 2.45) is 0 Å². The number of hydrogen-bond donors (Lipinski definition) is 1. The van der Waals surface area contributed by atoms with E-state index in [4.69, 9.17) is 9.47 Å². The standard InChI is InChI=1S/C25H23FN2O5S/c26-17-6-8-18(9-7-17)34(30,31)28-13-21-25(19-3-1-2-4-20(19)28)22(14-29)27(21)12-16-5-10-23-24(11-16)33-15-32-23/h1-11,21-22,25,29H,12-15H2/t21-,22-,25+/m1/s1. The first-order valence-electron chi connectivity index (χ1n) is 11.1. The summed E-state index contributed by atoms with van der Waals surface area (Å²) in [5.41, 5.74) is 2.49. The summed E-state index contributed by atoms with van der Waals surface area (Å²) >= 11 is 0. The van der Waals surface area contributed by atoms with Gasteiger partial charge in [0, 0.05) is 24.5 Å². The number of ether oxygens (including phenoxy) is 2. The van der Waals surface area contributed by atoms with Gasteiger partial charge in [-0.05, 0) is 53.6 Å². The lowest BCUT2D eigenvalue weighted by atomic mass is 9.72. The number of sulfonamides is 1. The quantitative estimate of drug-likeness (QED) is 0.602. The number of aliphatic hydroxyl groups is 1. The molecule has 1 N–H and O–H groups in total. The van der Waals surface area contributed by atoms with Crippen molar-refractivity contribution in [1.82, 2.24) is 4.90 Å². The minimum atomic E-state index is -3.90. The van der Waals surface area contributed by atoms with Gasteiger partial charge in [-0.1, -0.05) is 24.3 Å². The topological polar surface area (TPSA) is 79.3 Å². The van der Waals surface area contributed by atoms with Crippen molar-refractivity contribution in [3.05, 3.63) is 83.7 Å². The van der Waals surface area contributed by atoms with Crippen molar-refractivity contribution in [2.45, 2.75) is 29.4 Å². The molecule has 3 heterocycles. The van der Waals surface area contributed by atoms with Crippen LogP contribution in [0.3, 0.4) is 0 Å². The highest BCUT2D eigenvalue weighted by Crippen LogP contribution is 2.50. The Morgan fingerprint density at radius 3 is 2.56 bits per heavy atom. The Hall–Kier alpha value is -3.14. The largest absolute Gasteiger partial charge is 0.454 e. The summed E-state index contributed by atoms with van der Waals surface area (Å²) in [6.07, 6.45) is 0. The molecule has 3 atom stereocenters. The number of halogens is 1. The summed E-state index contributed by atoms with van der Waals surface area (Å²) in [7, 11) is -3.90. The Morgan fingerprint density at radius 2 is 1.76 bits per heavy atom. The van der Waals surface area contributed by atoms with Crippen LogP contribution in [0.15, 0.2) is 71.6 Å². The molecule has 0 radical (unpaired) electrons. The van der Waals surface area contributed by atoms with Crippen molar-refractivity contribution in [3.8, 4) is 11.5 Å². The lowest BCUT2D eigenvalue weighted by Crippen LogP contribution is -2.68. The number of benzene rings is 3. The van der Waals surface area contributed by atoms with Crippen LogP contribution in [0.25, 0.3) is 0 Å². The summed E-state index contributed by atoms with van der Waals surface area (Å²) in [5.74, 6) is 0.907. The van der Waals surface area contributed by atoms with Gasteiger partial charge in [0.15, 0.2) is 11.5 Å². The minimum absolute atomic E-state index is 0.00915. The fraction of sp³-hybridized carbons (Fsp3) is 0.280. The molecule has 9 heteroatoms. The van der Waals surface area contributed by atoms with Crippen molar-refractivity contribution in [3.63, 3.8) is 0 Å². The summed E-state index contributed by atoms with van der Waals surface area (Å²) in [5, 5.41) is 10.2. The summed E-state index contributed by atoms with van der Waals surface area (Å²) in [4.78, 5) is 2.19. The molecule has 0 spiro atoms. The fourth-order valence-electron chi connectivity index (χ4n) is 5.38. The van der Waals surface area contributed by atoms with E-state index in [1.54, 1.807) is 6.07 Å². The van der Waals surface area contributed by atoms with Crippen molar-refractivity contribution < 1.29 is 27.4 Å². The monoisotopic (exact) mass is 482 g/mol. The van der Waals surface area contributed by atoms with Crippen LogP contribution in [0, 0.1) is 5.82 Å². The number of nitrogens with zero attached hydrogens (tertiary/aromatic N) is 2. The number of aliphatic hydroxyl groups excluding tert-OH is 1. The van der Waals surface area contributed by atoms with E-state index < -0.39 is 15.8 Å². The van der Waals surface area contributed by atoms with Gasteiger partial charge in [-0.25, -0.2) is 12.8 Å². The summed E-state index contributed by atoms with van der Waals surface area (Å²) in [6.45, 7) is 0.933. The Bertz CT molecular complexity index is 1350. The highest BCUT2D eigenvalue weighted by Gasteiger charge is 2.54. The first-order valence-corrected chi connectivity index (χ1v) is 12.5. The zero-order valence-corrected chi connectivity index (χ0v) is 19.0. The van der Waals surface area contributed by atoms with Crippen LogP contribution in [0.2, 0.25) is 0 Å². The molecular weight excluding hydrogens is 459 g/mol. The molecule has 0 bridgehead atoms. The SMILES string of the molecule is O=S(=O)(c1ccc(F)cc1)N1C[C@@H]2[C@H](c3ccccc31)[C@@H](CO)N2Cc1ccc2c(c1)OCO2. The van der Waals surface area contributed by atoms with Gasteiger partial charge < -0.3 is 14.6 Å². The van der Waals surface area contributed by atoms with Crippen LogP contribution in [-0.4, -0.2) is 50.5 Å². The Balaban J connectivity index is 1.36. The highest BCUT2D eigenvalue weighted by atomic mass is 32.2. The van der Waals surface area contributed by atoms with E-state index in [1.807, 2.05) is 36.4 Å². The maximum Gasteiger partial charge on any atom is 0.264 e. The van der Waals surface area contributed by atoms with Crippen LogP contribution in [0.5, 0.6) is 11.5 Å². The number of para-hydroxylation sites is 1.